The summed E-state index contributed by atoms with van der Waals surface area (Å²) < 4.78 is 0. The lowest BCUT2D eigenvalue weighted by atomic mass is 10.1. The van der Waals surface area contributed by atoms with Crippen LogP contribution in [0.4, 0.5) is 5.82 Å². The second kappa shape index (κ2) is 7.50. The monoisotopic (exact) mass is 352 g/mol. The van der Waals surface area contributed by atoms with Crippen LogP contribution in [0.5, 0.6) is 0 Å². The number of hydrogen-bond acceptors (Lipinski definition) is 5. The minimum atomic E-state index is 0.801. The highest BCUT2D eigenvalue weighted by Gasteiger charge is 2.13. The molecule has 0 saturated carbocycles. The molecule has 5 heteroatoms. The number of nitrogens with one attached hydrogen (secondary N) is 1. The maximum Gasteiger partial charge on any atom is 0.163 e. The molecule has 2 aromatic heterocycles. The number of fused-ring (bicyclic) bond motifs is 1. The van der Waals surface area contributed by atoms with Crippen LogP contribution in [0.25, 0.3) is 21.6 Å². The fraction of sp³-hybridized carbons (Fsp3) is 0.400. The van der Waals surface area contributed by atoms with Crippen LogP contribution in [-0.4, -0.2) is 41.0 Å². The predicted molar refractivity (Wildman–Crippen MR) is 106 cm³/mol. The molecule has 25 heavy (non-hydrogen) atoms. The van der Waals surface area contributed by atoms with Gasteiger partial charge in [0, 0.05) is 23.5 Å². The minimum absolute atomic E-state index is 0.801. The molecule has 0 aliphatic carbocycles. The van der Waals surface area contributed by atoms with Crippen LogP contribution in [0, 0.1) is 6.92 Å². The third-order valence-electron chi connectivity index (χ3n) is 4.72. The SMILES string of the molecule is Cc1cc2c(NCCN3CCCCC3)nc(-c3ccccc3)nc2s1. The molecule has 3 aromatic rings. The highest BCUT2D eigenvalue weighted by molar-refractivity contribution is 7.18. The molecule has 1 N–H and O–H groups in total. The predicted octanol–water partition coefficient (Wildman–Crippen LogP) is 4.56. The van der Waals surface area contributed by atoms with Gasteiger partial charge in [0.1, 0.15) is 10.6 Å². The molecule has 1 aliphatic heterocycles. The summed E-state index contributed by atoms with van der Waals surface area (Å²) in [6.07, 6.45) is 4.05. The van der Waals surface area contributed by atoms with Gasteiger partial charge in [0.05, 0.1) is 5.39 Å². The Morgan fingerprint density at radius 2 is 1.88 bits per heavy atom. The zero-order chi connectivity index (χ0) is 17.1. The summed E-state index contributed by atoms with van der Waals surface area (Å²) in [4.78, 5) is 14.5. The molecule has 4 rings (SSSR count). The van der Waals surface area contributed by atoms with Crippen LogP contribution in [0.2, 0.25) is 0 Å². The van der Waals surface area contributed by atoms with Crippen molar-refractivity contribution in [1.29, 1.82) is 0 Å². The summed E-state index contributed by atoms with van der Waals surface area (Å²) in [5, 5.41) is 4.71. The number of benzene rings is 1. The third-order valence-corrected chi connectivity index (χ3v) is 5.66. The highest BCUT2D eigenvalue weighted by Crippen LogP contribution is 2.30. The number of hydrogen-bond donors (Lipinski definition) is 1. The highest BCUT2D eigenvalue weighted by atomic mass is 32.1. The van der Waals surface area contributed by atoms with Crippen LogP contribution in [-0.2, 0) is 0 Å². The second-order valence-corrected chi connectivity index (χ2v) is 7.90. The fourth-order valence-electron chi connectivity index (χ4n) is 3.41. The van der Waals surface area contributed by atoms with E-state index in [1.54, 1.807) is 11.3 Å². The molecule has 1 aliphatic rings. The summed E-state index contributed by atoms with van der Waals surface area (Å²) >= 11 is 1.74. The molecule has 0 bridgehead atoms. The van der Waals surface area contributed by atoms with Crippen LogP contribution < -0.4 is 5.32 Å². The van der Waals surface area contributed by atoms with Gasteiger partial charge in [-0.15, -0.1) is 11.3 Å². The van der Waals surface area contributed by atoms with Crippen molar-refractivity contribution in [2.45, 2.75) is 26.2 Å². The van der Waals surface area contributed by atoms with Crippen LogP contribution in [0.15, 0.2) is 36.4 Å². The first-order chi connectivity index (χ1) is 12.3. The quantitative estimate of drug-likeness (QED) is 0.730. The normalized spacial score (nSPS) is 15.6. The van der Waals surface area contributed by atoms with E-state index in [1.807, 2.05) is 18.2 Å². The summed E-state index contributed by atoms with van der Waals surface area (Å²) in [6.45, 7) is 6.60. The number of piperidine rings is 1. The molecular formula is C20H24N4S. The van der Waals surface area contributed by atoms with Gasteiger partial charge in [0.15, 0.2) is 5.82 Å². The van der Waals surface area contributed by atoms with Gasteiger partial charge in [-0.1, -0.05) is 36.8 Å². The Balaban J connectivity index is 1.57. The summed E-state index contributed by atoms with van der Waals surface area (Å²) in [7, 11) is 0. The van der Waals surface area contributed by atoms with Crippen molar-refractivity contribution in [3.8, 4) is 11.4 Å². The lowest BCUT2D eigenvalue weighted by Gasteiger charge is -2.26. The molecule has 3 heterocycles. The minimum Gasteiger partial charge on any atom is -0.368 e. The average molecular weight is 353 g/mol. The average Bonchev–Trinajstić information content (AvgIpc) is 3.03. The first-order valence-electron chi connectivity index (χ1n) is 9.09. The number of thiophene rings is 1. The van der Waals surface area contributed by atoms with Gasteiger partial charge in [0.2, 0.25) is 0 Å². The second-order valence-electron chi connectivity index (χ2n) is 6.67. The molecule has 0 amide bonds. The van der Waals surface area contributed by atoms with Crippen LogP contribution >= 0.6 is 11.3 Å². The summed E-state index contributed by atoms with van der Waals surface area (Å²) in [6, 6.07) is 12.4. The molecule has 0 unspecified atom stereocenters. The van der Waals surface area contributed by atoms with Crippen molar-refractivity contribution in [2.24, 2.45) is 0 Å². The van der Waals surface area contributed by atoms with Gasteiger partial charge < -0.3 is 10.2 Å². The largest absolute Gasteiger partial charge is 0.368 e. The lowest BCUT2D eigenvalue weighted by Crippen LogP contribution is -2.33. The van der Waals surface area contributed by atoms with Crippen molar-refractivity contribution >= 4 is 27.4 Å². The van der Waals surface area contributed by atoms with E-state index in [0.29, 0.717) is 0 Å². The number of rotatable bonds is 5. The Kier molecular flexibility index (Phi) is 4.95. The summed E-state index contributed by atoms with van der Waals surface area (Å²) in [5.41, 5.74) is 1.06. The van der Waals surface area contributed by atoms with Crippen molar-refractivity contribution < 1.29 is 0 Å². The maximum atomic E-state index is 4.83. The van der Waals surface area contributed by atoms with Gasteiger partial charge in [0.25, 0.3) is 0 Å². The van der Waals surface area contributed by atoms with Gasteiger partial charge in [-0.2, -0.15) is 0 Å². The van der Waals surface area contributed by atoms with E-state index in [9.17, 15) is 0 Å². The van der Waals surface area contributed by atoms with E-state index in [-0.39, 0.29) is 0 Å². The van der Waals surface area contributed by atoms with Crippen LogP contribution in [0.1, 0.15) is 24.1 Å². The van der Waals surface area contributed by atoms with Crippen molar-refractivity contribution in [2.75, 3.05) is 31.5 Å². The van der Waals surface area contributed by atoms with Gasteiger partial charge in [-0.3, -0.25) is 0 Å². The fourth-order valence-corrected chi connectivity index (χ4v) is 4.29. The standard InChI is InChI=1S/C20H24N4S/c1-15-14-17-19(21-10-13-24-11-6-3-7-12-24)22-18(23-20(17)25-15)16-8-4-2-5-9-16/h2,4-5,8-9,14H,3,6-7,10-13H2,1H3,(H,21,22,23). The molecule has 130 valence electrons. The van der Waals surface area contributed by atoms with E-state index in [4.69, 9.17) is 9.97 Å². The molecule has 1 fully saturated rings. The van der Waals surface area contributed by atoms with Crippen LogP contribution in [0.3, 0.4) is 0 Å². The maximum absolute atomic E-state index is 4.83. The topological polar surface area (TPSA) is 41.0 Å². The Morgan fingerprint density at radius 1 is 1.08 bits per heavy atom. The van der Waals surface area contributed by atoms with Gasteiger partial charge in [-0.05, 0) is 38.9 Å². The number of aromatic nitrogens is 2. The first kappa shape index (κ1) is 16.5. The van der Waals surface area contributed by atoms with E-state index in [1.165, 1.54) is 37.2 Å². The lowest BCUT2D eigenvalue weighted by molar-refractivity contribution is 0.237. The molecule has 0 radical (unpaired) electrons. The zero-order valence-corrected chi connectivity index (χ0v) is 15.5. The molecule has 1 saturated heterocycles. The van der Waals surface area contributed by atoms with Crippen molar-refractivity contribution in [3.63, 3.8) is 0 Å². The van der Waals surface area contributed by atoms with Gasteiger partial charge >= 0.3 is 0 Å². The van der Waals surface area contributed by atoms with Crippen molar-refractivity contribution in [1.82, 2.24) is 14.9 Å². The molecule has 1 aromatic carbocycles. The number of anilines is 1. The van der Waals surface area contributed by atoms with E-state index in [2.05, 4.69) is 35.3 Å². The Hall–Kier alpha value is -1.98. The molecule has 0 atom stereocenters. The molecular weight excluding hydrogens is 328 g/mol. The molecule has 4 nitrogen and oxygen atoms in total. The van der Waals surface area contributed by atoms with E-state index < -0.39 is 0 Å². The molecule has 0 spiro atoms. The third kappa shape index (κ3) is 3.83. The zero-order valence-electron chi connectivity index (χ0n) is 14.7. The number of aryl methyl sites for hydroxylation is 1. The number of nitrogens with zero attached hydrogens (tertiary/aromatic N) is 3. The Labute approximate surface area is 152 Å². The van der Waals surface area contributed by atoms with E-state index in [0.717, 1.165) is 40.5 Å². The smallest absolute Gasteiger partial charge is 0.163 e. The van der Waals surface area contributed by atoms with Gasteiger partial charge in [-0.25, -0.2) is 9.97 Å². The first-order valence-corrected chi connectivity index (χ1v) is 9.91. The number of likely N-dealkylation sites (tertiary alicyclic amines) is 1. The summed E-state index contributed by atoms with van der Waals surface area (Å²) in [5.74, 6) is 1.76. The van der Waals surface area contributed by atoms with Crippen molar-refractivity contribution in [3.05, 3.63) is 41.3 Å². The van der Waals surface area contributed by atoms with E-state index >= 15 is 0 Å². The Morgan fingerprint density at radius 3 is 2.68 bits per heavy atom. The Bertz CT molecular complexity index is 838.